The van der Waals surface area contributed by atoms with Crippen LogP contribution in [0.3, 0.4) is 0 Å². The number of carbonyl (C=O) groups is 1. The third-order valence-electron chi connectivity index (χ3n) is 1.46. The van der Waals surface area contributed by atoms with Gasteiger partial charge in [0.15, 0.2) is 5.76 Å². The lowest BCUT2D eigenvalue weighted by Gasteiger charge is -1.98. The average molecular weight is 203 g/mol. The van der Waals surface area contributed by atoms with Gasteiger partial charge < -0.3 is 9.84 Å². The van der Waals surface area contributed by atoms with Crippen LogP contribution >= 0.6 is 11.6 Å². The minimum Gasteiger partial charge on any atom is -0.359 e. The van der Waals surface area contributed by atoms with Crippen LogP contribution in [-0.2, 0) is 11.3 Å². The van der Waals surface area contributed by atoms with Crippen LogP contribution in [0, 0.1) is 6.92 Å². The van der Waals surface area contributed by atoms with Gasteiger partial charge in [-0.1, -0.05) is 5.16 Å². The Balaban J connectivity index is 2.30. The summed E-state index contributed by atoms with van der Waals surface area (Å²) < 4.78 is 4.90. The Bertz CT molecular complexity index is 285. The van der Waals surface area contributed by atoms with Crippen molar-refractivity contribution in [3.8, 4) is 0 Å². The van der Waals surface area contributed by atoms with Crippen LogP contribution in [0.25, 0.3) is 0 Å². The fourth-order valence-electron chi connectivity index (χ4n) is 0.860. The number of hydrogen-bond donors (Lipinski definition) is 1. The van der Waals surface area contributed by atoms with Crippen LogP contribution in [0.5, 0.6) is 0 Å². The lowest BCUT2D eigenvalue weighted by molar-refractivity contribution is -0.120. The summed E-state index contributed by atoms with van der Waals surface area (Å²) in [5.74, 6) is 0.908. The van der Waals surface area contributed by atoms with E-state index >= 15 is 0 Å². The molecular weight excluding hydrogens is 192 g/mol. The molecule has 0 unspecified atom stereocenters. The van der Waals surface area contributed by atoms with Gasteiger partial charge in [0.2, 0.25) is 5.91 Å². The molecule has 1 heterocycles. The van der Waals surface area contributed by atoms with Crippen molar-refractivity contribution in [3.63, 3.8) is 0 Å². The van der Waals surface area contributed by atoms with Crippen LogP contribution in [0.4, 0.5) is 0 Å². The number of aromatic nitrogens is 1. The van der Waals surface area contributed by atoms with E-state index in [1.165, 1.54) is 0 Å². The minimum atomic E-state index is -0.0796. The van der Waals surface area contributed by atoms with Crippen molar-refractivity contribution < 1.29 is 9.32 Å². The summed E-state index contributed by atoms with van der Waals surface area (Å²) in [4.78, 5) is 11.0. The SMILES string of the molecule is Cc1cc(CNC(=O)CCCl)on1. The van der Waals surface area contributed by atoms with Crippen molar-refractivity contribution in [2.45, 2.75) is 19.9 Å². The molecule has 0 fully saturated rings. The van der Waals surface area contributed by atoms with Crippen LogP contribution in [0.2, 0.25) is 0 Å². The molecule has 1 amide bonds. The Morgan fingerprint density at radius 2 is 2.54 bits per heavy atom. The first-order valence-corrected chi connectivity index (χ1v) is 4.50. The van der Waals surface area contributed by atoms with Crippen molar-refractivity contribution in [3.05, 3.63) is 17.5 Å². The highest BCUT2D eigenvalue weighted by atomic mass is 35.5. The van der Waals surface area contributed by atoms with Crippen LogP contribution in [-0.4, -0.2) is 16.9 Å². The first-order valence-electron chi connectivity index (χ1n) is 3.97. The van der Waals surface area contributed by atoms with Crippen LogP contribution in [0.1, 0.15) is 17.9 Å². The Morgan fingerprint density at radius 1 is 1.77 bits per heavy atom. The highest BCUT2D eigenvalue weighted by Crippen LogP contribution is 2.01. The molecule has 0 aliphatic carbocycles. The predicted octanol–water partition coefficient (Wildman–Crippen LogP) is 1.23. The lowest BCUT2D eigenvalue weighted by atomic mass is 10.3. The molecule has 0 saturated carbocycles. The third kappa shape index (κ3) is 3.46. The quantitative estimate of drug-likeness (QED) is 0.748. The molecule has 0 aliphatic rings. The second-order valence-corrected chi connectivity index (χ2v) is 3.03. The largest absolute Gasteiger partial charge is 0.359 e. The molecule has 1 aromatic heterocycles. The fourth-order valence-corrected chi connectivity index (χ4v) is 1.03. The maximum Gasteiger partial charge on any atom is 0.221 e. The van der Waals surface area contributed by atoms with E-state index in [0.717, 1.165) is 5.69 Å². The van der Waals surface area contributed by atoms with E-state index in [-0.39, 0.29) is 5.91 Å². The highest BCUT2D eigenvalue weighted by molar-refractivity contribution is 6.18. The molecule has 0 atom stereocenters. The van der Waals surface area contributed by atoms with Crippen molar-refractivity contribution in [2.24, 2.45) is 0 Å². The molecule has 13 heavy (non-hydrogen) atoms. The monoisotopic (exact) mass is 202 g/mol. The maximum atomic E-state index is 11.0. The summed E-state index contributed by atoms with van der Waals surface area (Å²) in [6.45, 7) is 2.20. The normalized spacial score (nSPS) is 10.0. The fraction of sp³-hybridized carbons (Fsp3) is 0.500. The minimum absolute atomic E-state index is 0.0796. The van der Waals surface area contributed by atoms with Gasteiger partial charge >= 0.3 is 0 Å². The van der Waals surface area contributed by atoms with Gasteiger partial charge in [0, 0.05) is 18.4 Å². The lowest BCUT2D eigenvalue weighted by Crippen LogP contribution is -2.22. The predicted molar refractivity (Wildman–Crippen MR) is 48.4 cm³/mol. The third-order valence-corrected chi connectivity index (χ3v) is 1.65. The summed E-state index contributed by atoms with van der Waals surface area (Å²) >= 11 is 5.39. The molecule has 1 aromatic rings. The molecule has 0 aromatic carbocycles. The summed E-state index contributed by atoms with van der Waals surface area (Å²) in [7, 11) is 0. The molecule has 5 heteroatoms. The Hall–Kier alpha value is -1.03. The van der Waals surface area contributed by atoms with E-state index in [0.29, 0.717) is 24.6 Å². The number of carbonyl (C=O) groups excluding carboxylic acids is 1. The summed E-state index contributed by atoms with van der Waals surface area (Å²) in [5.41, 5.74) is 0.807. The molecular formula is C8H11ClN2O2. The molecule has 1 rings (SSSR count). The van der Waals surface area contributed by atoms with Gasteiger partial charge in [-0.05, 0) is 6.92 Å². The van der Waals surface area contributed by atoms with Gasteiger partial charge in [-0.15, -0.1) is 11.6 Å². The zero-order valence-electron chi connectivity index (χ0n) is 7.34. The number of halogens is 1. The van der Waals surface area contributed by atoms with Crippen molar-refractivity contribution in [1.29, 1.82) is 0 Å². The molecule has 0 spiro atoms. The van der Waals surface area contributed by atoms with Crippen molar-refractivity contribution in [2.75, 3.05) is 5.88 Å². The molecule has 0 saturated heterocycles. The van der Waals surface area contributed by atoms with Crippen LogP contribution < -0.4 is 5.32 Å². The summed E-state index contributed by atoms with van der Waals surface area (Å²) in [6, 6.07) is 1.78. The van der Waals surface area contributed by atoms with Gasteiger partial charge in [-0.3, -0.25) is 4.79 Å². The van der Waals surface area contributed by atoms with Gasteiger partial charge in [0.05, 0.1) is 12.2 Å². The second-order valence-electron chi connectivity index (χ2n) is 2.65. The Morgan fingerprint density at radius 3 is 3.08 bits per heavy atom. The molecule has 0 bridgehead atoms. The van der Waals surface area contributed by atoms with Gasteiger partial charge in [0.25, 0.3) is 0 Å². The van der Waals surface area contributed by atoms with Crippen molar-refractivity contribution >= 4 is 17.5 Å². The van der Waals surface area contributed by atoms with E-state index in [4.69, 9.17) is 16.1 Å². The van der Waals surface area contributed by atoms with E-state index in [9.17, 15) is 4.79 Å². The van der Waals surface area contributed by atoms with Gasteiger partial charge in [0.1, 0.15) is 0 Å². The summed E-state index contributed by atoms with van der Waals surface area (Å²) in [6.07, 6.45) is 0.328. The number of amides is 1. The topological polar surface area (TPSA) is 55.1 Å². The van der Waals surface area contributed by atoms with Gasteiger partial charge in [-0.25, -0.2) is 0 Å². The number of aryl methyl sites for hydroxylation is 1. The van der Waals surface area contributed by atoms with E-state index < -0.39 is 0 Å². The highest BCUT2D eigenvalue weighted by Gasteiger charge is 2.03. The number of alkyl halides is 1. The standard InChI is InChI=1S/C8H11ClN2O2/c1-6-4-7(13-11-6)5-10-8(12)2-3-9/h4H,2-3,5H2,1H3,(H,10,12). The Labute approximate surface area is 81.2 Å². The smallest absolute Gasteiger partial charge is 0.221 e. The Kier molecular flexibility index (Phi) is 3.76. The summed E-state index contributed by atoms with van der Waals surface area (Å²) in [5, 5.41) is 6.34. The van der Waals surface area contributed by atoms with Crippen LogP contribution in [0.15, 0.2) is 10.6 Å². The first-order chi connectivity index (χ1) is 6.22. The van der Waals surface area contributed by atoms with E-state index in [1.54, 1.807) is 6.07 Å². The number of nitrogens with zero attached hydrogens (tertiary/aromatic N) is 1. The zero-order chi connectivity index (χ0) is 9.68. The first kappa shape index (κ1) is 10.1. The number of hydrogen-bond acceptors (Lipinski definition) is 3. The molecule has 4 nitrogen and oxygen atoms in total. The zero-order valence-corrected chi connectivity index (χ0v) is 8.10. The van der Waals surface area contributed by atoms with E-state index in [2.05, 4.69) is 10.5 Å². The number of rotatable bonds is 4. The maximum absolute atomic E-state index is 11.0. The van der Waals surface area contributed by atoms with Crippen molar-refractivity contribution in [1.82, 2.24) is 10.5 Å². The molecule has 0 radical (unpaired) electrons. The van der Waals surface area contributed by atoms with E-state index in [1.807, 2.05) is 6.92 Å². The van der Waals surface area contributed by atoms with Gasteiger partial charge in [-0.2, -0.15) is 0 Å². The number of nitrogens with one attached hydrogen (secondary N) is 1. The average Bonchev–Trinajstić information content (AvgIpc) is 2.49. The molecule has 1 N–H and O–H groups in total. The molecule has 72 valence electrons. The molecule has 0 aliphatic heterocycles. The second kappa shape index (κ2) is 4.87.